The standard InChI is InChI=1S/C31H30O2Si/c1-23-19-21-25(22-20-23)28(24-13-7-4-8-14-24)29-30(32)31(33-34(29,2)3,26-15-9-5-10-16-26)27-17-11-6-12-18-27/h4-22,30,32H,1-3H3/b29-28-. The van der Waals surface area contributed by atoms with Gasteiger partial charge >= 0.3 is 0 Å². The minimum absolute atomic E-state index is 0.824. The molecule has 0 radical (unpaired) electrons. The molecule has 1 aliphatic rings. The largest absolute Gasteiger partial charge is 0.397 e. The average molecular weight is 463 g/mol. The Morgan fingerprint density at radius 3 is 1.62 bits per heavy atom. The Bertz CT molecular complexity index is 1250. The molecule has 1 N–H and O–H groups in total. The molecule has 1 fully saturated rings. The SMILES string of the molecule is Cc1ccc(/C(=C2/C(O)C(c3ccccc3)(c3ccccc3)O[Si]2(C)C)c2ccccc2)cc1. The van der Waals surface area contributed by atoms with Gasteiger partial charge in [0, 0.05) is 0 Å². The molecule has 1 unspecified atom stereocenters. The lowest BCUT2D eigenvalue weighted by Crippen LogP contribution is -2.39. The van der Waals surface area contributed by atoms with Gasteiger partial charge in [-0.3, -0.25) is 0 Å². The van der Waals surface area contributed by atoms with Crippen molar-refractivity contribution in [2.24, 2.45) is 0 Å². The van der Waals surface area contributed by atoms with Crippen LogP contribution < -0.4 is 0 Å². The second-order valence-corrected chi connectivity index (χ2v) is 13.3. The van der Waals surface area contributed by atoms with E-state index in [-0.39, 0.29) is 0 Å². The minimum atomic E-state index is -2.55. The molecule has 0 aromatic heterocycles. The summed E-state index contributed by atoms with van der Waals surface area (Å²) >= 11 is 0. The third kappa shape index (κ3) is 3.76. The molecule has 4 aromatic carbocycles. The van der Waals surface area contributed by atoms with Crippen molar-refractivity contribution >= 4 is 13.9 Å². The van der Waals surface area contributed by atoms with Crippen LogP contribution in [-0.4, -0.2) is 19.5 Å². The number of hydrogen-bond acceptors (Lipinski definition) is 2. The number of aliphatic hydroxyl groups excluding tert-OH is 1. The van der Waals surface area contributed by atoms with Crippen LogP contribution in [0.5, 0.6) is 0 Å². The van der Waals surface area contributed by atoms with Crippen LogP contribution in [0.25, 0.3) is 5.57 Å². The summed E-state index contributed by atoms with van der Waals surface area (Å²) < 4.78 is 7.11. The van der Waals surface area contributed by atoms with Gasteiger partial charge in [-0.15, -0.1) is 0 Å². The number of hydrogen-bond donors (Lipinski definition) is 1. The van der Waals surface area contributed by atoms with Gasteiger partial charge < -0.3 is 9.53 Å². The van der Waals surface area contributed by atoms with Crippen LogP contribution in [0.2, 0.25) is 13.1 Å². The summed E-state index contributed by atoms with van der Waals surface area (Å²) in [6, 6.07) is 39.3. The third-order valence-corrected chi connectivity index (χ3v) is 9.45. The predicted molar refractivity (Wildman–Crippen MR) is 142 cm³/mol. The monoisotopic (exact) mass is 462 g/mol. The van der Waals surface area contributed by atoms with Crippen molar-refractivity contribution in [3.8, 4) is 0 Å². The molecule has 0 saturated carbocycles. The molecule has 1 aliphatic heterocycles. The Labute approximate surface area is 203 Å². The zero-order valence-corrected chi connectivity index (χ0v) is 20.9. The first-order valence-electron chi connectivity index (χ1n) is 11.8. The van der Waals surface area contributed by atoms with E-state index >= 15 is 0 Å². The number of aliphatic hydroxyl groups is 1. The second-order valence-electron chi connectivity index (χ2n) is 9.50. The van der Waals surface area contributed by atoms with Crippen LogP contribution in [0, 0.1) is 6.92 Å². The fourth-order valence-corrected chi connectivity index (χ4v) is 8.27. The van der Waals surface area contributed by atoms with E-state index < -0.39 is 20.0 Å². The van der Waals surface area contributed by atoms with Gasteiger partial charge in [-0.2, -0.15) is 0 Å². The lowest BCUT2D eigenvalue weighted by molar-refractivity contribution is 0.0162. The Hall–Kier alpha value is -3.24. The van der Waals surface area contributed by atoms with Gasteiger partial charge in [0.15, 0.2) is 0 Å². The fourth-order valence-electron chi connectivity index (χ4n) is 5.26. The molecular weight excluding hydrogens is 432 g/mol. The minimum Gasteiger partial charge on any atom is -0.397 e. The highest BCUT2D eigenvalue weighted by Crippen LogP contribution is 2.52. The molecule has 3 heteroatoms. The molecular formula is C31H30O2Si. The van der Waals surface area contributed by atoms with Gasteiger partial charge in [0.05, 0.1) is 0 Å². The van der Waals surface area contributed by atoms with Crippen LogP contribution in [0.1, 0.15) is 27.8 Å². The van der Waals surface area contributed by atoms with Crippen molar-refractivity contribution in [3.05, 3.63) is 148 Å². The predicted octanol–water partition coefficient (Wildman–Crippen LogP) is 6.88. The zero-order valence-electron chi connectivity index (χ0n) is 19.9. The molecule has 5 rings (SSSR count). The van der Waals surface area contributed by atoms with E-state index in [0.29, 0.717) is 0 Å². The Kier molecular flexibility index (Phi) is 5.86. The zero-order chi connectivity index (χ0) is 23.8. The van der Waals surface area contributed by atoms with Gasteiger partial charge in [0.1, 0.15) is 11.7 Å². The Morgan fingerprint density at radius 1 is 0.676 bits per heavy atom. The molecule has 1 atom stereocenters. The topological polar surface area (TPSA) is 29.5 Å². The smallest absolute Gasteiger partial charge is 0.219 e. The maximum atomic E-state index is 12.3. The second kappa shape index (κ2) is 8.84. The molecule has 0 spiro atoms. The van der Waals surface area contributed by atoms with Crippen LogP contribution >= 0.6 is 0 Å². The molecule has 4 aromatic rings. The summed E-state index contributed by atoms with van der Waals surface area (Å²) in [6.07, 6.45) is -0.824. The van der Waals surface area contributed by atoms with E-state index in [1.807, 2.05) is 42.5 Å². The van der Waals surface area contributed by atoms with Crippen LogP contribution in [0.3, 0.4) is 0 Å². The summed E-state index contributed by atoms with van der Waals surface area (Å²) in [5.74, 6) is 0. The average Bonchev–Trinajstić information content (AvgIpc) is 3.09. The van der Waals surface area contributed by atoms with E-state index in [2.05, 4.69) is 92.8 Å². The summed E-state index contributed by atoms with van der Waals surface area (Å²) in [4.78, 5) is 0. The van der Waals surface area contributed by atoms with Gasteiger partial charge in [0.25, 0.3) is 0 Å². The van der Waals surface area contributed by atoms with Gasteiger partial charge in [-0.1, -0.05) is 121 Å². The highest BCUT2D eigenvalue weighted by atomic mass is 28.4. The normalized spacial score (nSPS) is 20.2. The lowest BCUT2D eigenvalue weighted by atomic mass is 9.80. The molecule has 0 bridgehead atoms. The summed E-state index contributed by atoms with van der Waals surface area (Å²) in [5, 5.41) is 13.4. The summed E-state index contributed by atoms with van der Waals surface area (Å²) in [7, 11) is -2.55. The first-order chi connectivity index (χ1) is 16.4. The van der Waals surface area contributed by atoms with E-state index in [0.717, 1.165) is 33.0 Å². The van der Waals surface area contributed by atoms with Crippen LogP contribution in [0.4, 0.5) is 0 Å². The van der Waals surface area contributed by atoms with E-state index in [1.165, 1.54) is 5.56 Å². The summed E-state index contributed by atoms with van der Waals surface area (Å²) in [6.45, 7) is 6.51. The molecule has 0 aliphatic carbocycles. The molecule has 2 nitrogen and oxygen atoms in total. The van der Waals surface area contributed by atoms with Crippen LogP contribution in [0.15, 0.2) is 120 Å². The summed E-state index contributed by atoms with van der Waals surface area (Å²) in [5.41, 5.74) is 5.48. The first kappa shape index (κ1) is 22.5. The first-order valence-corrected chi connectivity index (χ1v) is 14.7. The lowest BCUT2D eigenvalue weighted by Gasteiger charge is -2.35. The van der Waals surface area contributed by atoms with Crippen molar-refractivity contribution in [2.75, 3.05) is 0 Å². The van der Waals surface area contributed by atoms with Crippen molar-refractivity contribution in [1.29, 1.82) is 0 Å². The van der Waals surface area contributed by atoms with E-state index in [9.17, 15) is 5.11 Å². The van der Waals surface area contributed by atoms with E-state index in [4.69, 9.17) is 4.43 Å². The van der Waals surface area contributed by atoms with Crippen molar-refractivity contribution in [1.82, 2.24) is 0 Å². The third-order valence-electron chi connectivity index (χ3n) is 6.80. The van der Waals surface area contributed by atoms with Crippen molar-refractivity contribution in [2.45, 2.75) is 31.7 Å². The molecule has 34 heavy (non-hydrogen) atoms. The highest BCUT2D eigenvalue weighted by Gasteiger charge is 2.58. The van der Waals surface area contributed by atoms with Crippen LogP contribution in [-0.2, 0) is 10.0 Å². The van der Waals surface area contributed by atoms with Gasteiger partial charge in [-0.05, 0) is 53.0 Å². The van der Waals surface area contributed by atoms with Gasteiger partial charge in [-0.25, -0.2) is 0 Å². The number of aryl methyl sites for hydroxylation is 1. The maximum absolute atomic E-state index is 12.3. The Balaban J connectivity index is 1.84. The Morgan fingerprint density at radius 2 is 1.12 bits per heavy atom. The highest BCUT2D eigenvalue weighted by molar-refractivity contribution is 6.80. The molecule has 1 saturated heterocycles. The molecule has 1 heterocycles. The van der Waals surface area contributed by atoms with Gasteiger partial charge in [0.2, 0.25) is 8.32 Å². The van der Waals surface area contributed by atoms with Crippen molar-refractivity contribution in [3.63, 3.8) is 0 Å². The van der Waals surface area contributed by atoms with E-state index in [1.54, 1.807) is 0 Å². The number of benzene rings is 4. The quantitative estimate of drug-likeness (QED) is 0.335. The molecule has 170 valence electrons. The van der Waals surface area contributed by atoms with Crippen molar-refractivity contribution < 1.29 is 9.53 Å². The number of rotatable bonds is 4. The fraction of sp³-hybridized carbons (Fsp3) is 0.161. The maximum Gasteiger partial charge on any atom is 0.219 e. The molecule has 0 amide bonds.